The number of rotatable bonds is 9. The highest BCUT2D eigenvalue weighted by Crippen LogP contribution is 2.54. The molecule has 0 aliphatic heterocycles. The summed E-state index contributed by atoms with van der Waals surface area (Å²) >= 11 is 14.4. The lowest BCUT2D eigenvalue weighted by molar-refractivity contribution is 0.316. The first kappa shape index (κ1) is 18.2. The van der Waals surface area contributed by atoms with Crippen molar-refractivity contribution in [1.82, 2.24) is 0 Å². The summed E-state index contributed by atoms with van der Waals surface area (Å²) in [6.07, 6.45) is 0. The van der Waals surface area contributed by atoms with Crippen LogP contribution in [-0.2, 0) is 33.0 Å². The largest absolute Gasteiger partial charge is 0.301 e. The zero-order chi connectivity index (χ0) is 11.7. The predicted octanol–water partition coefficient (Wildman–Crippen LogP) is 5.39. The minimum absolute atomic E-state index is 0.478. The van der Waals surface area contributed by atoms with E-state index in [0.29, 0.717) is 12.5 Å². The second kappa shape index (κ2) is 11.1. The van der Waals surface area contributed by atoms with Crippen molar-refractivity contribution >= 4 is 99.5 Å². The van der Waals surface area contributed by atoms with E-state index in [-0.39, 0.29) is 0 Å². The van der Waals surface area contributed by atoms with Gasteiger partial charge in [-0.3, -0.25) is 0 Å². The fraction of sp³-hybridized carbons (Fsp3) is 1.00. The Labute approximate surface area is 128 Å². The van der Waals surface area contributed by atoms with E-state index >= 15 is 0 Å². The van der Waals surface area contributed by atoms with E-state index in [1.54, 1.807) is 39.3 Å². The topological polar surface area (TPSA) is 9.23 Å². The van der Waals surface area contributed by atoms with E-state index in [1.165, 1.54) is 19.7 Å². The molecule has 0 heterocycles. The second-order valence-corrected chi connectivity index (χ2v) is 20.5. The van der Waals surface area contributed by atoms with Crippen LogP contribution in [0.4, 0.5) is 0 Å². The molecule has 0 saturated carbocycles. The van der Waals surface area contributed by atoms with Gasteiger partial charge in [0, 0.05) is 29.5 Å². The first-order valence-corrected chi connectivity index (χ1v) is 16.0. The highest BCUT2D eigenvalue weighted by molar-refractivity contribution is 9.49. The Balaban J connectivity index is 3.56. The van der Waals surface area contributed by atoms with Crippen molar-refractivity contribution in [3.63, 3.8) is 0 Å². The Hall–Kier alpha value is 3.20. The Morgan fingerprint density at radius 2 is 1.80 bits per heavy atom. The van der Waals surface area contributed by atoms with E-state index in [2.05, 4.69) is 25.5 Å². The van der Waals surface area contributed by atoms with Crippen LogP contribution in [0.3, 0.4) is 0 Å². The molecule has 0 amide bonds. The predicted molar refractivity (Wildman–Crippen MR) is 97.4 cm³/mol. The Bertz CT molecular complexity index is 234. The van der Waals surface area contributed by atoms with Gasteiger partial charge < -0.3 is 4.18 Å². The SMILES string of the molecule is CC(C)COS(=S)(=S)SSSSSSS. The molecule has 15 heavy (non-hydrogen) atoms. The maximum atomic E-state index is 5.50. The van der Waals surface area contributed by atoms with Gasteiger partial charge in [-0.25, -0.2) is 0 Å². The first-order chi connectivity index (χ1) is 6.98. The van der Waals surface area contributed by atoms with Crippen molar-refractivity contribution in [3.8, 4) is 0 Å². The van der Waals surface area contributed by atoms with Crippen LogP contribution < -0.4 is 0 Å². The quantitative estimate of drug-likeness (QED) is 0.310. The maximum absolute atomic E-state index is 5.50. The minimum Gasteiger partial charge on any atom is -0.301 e. The third-order valence-electron chi connectivity index (χ3n) is 0.771. The van der Waals surface area contributed by atoms with Crippen LogP contribution in [0.15, 0.2) is 0 Å². The molecule has 0 saturated heterocycles. The Morgan fingerprint density at radius 3 is 2.33 bits per heavy atom. The van der Waals surface area contributed by atoms with Crippen molar-refractivity contribution in [2.24, 2.45) is 5.92 Å². The van der Waals surface area contributed by atoms with Gasteiger partial charge in [0.05, 0.1) is 13.1 Å². The number of thiol groups is 1. The fourth-order valence-corrected chi connectivity index (χ4v) is 19.4. The molecule has 0 aromatic rings. The van der Waals surface area contributed by atoms with Crippen molar-refractivity contribution in [3.05, 3.63) is 0 Å². The lowest BCUT2D eigenvalue weighted by Crippen LogP contribution is -2.04. The van der Waals surface area contributed by atoms with Crippen LogP contribution in [0.2, 0.25) is 0 Å². The molecule has 11 heteroatoms. The van der Waals surface area contributed by atoms with Crippen LogP contribution in [0.25, 0.3) is 0 Å². The first-order valence-electron chi connectivity index (χ1n) is 3.53. The highest BCUT2D eigenvalue weighted by atomic mass is 34.0. The van der Waals surface area contributed by atoms with Crippen molar-refractivity contribution < 1.29 is 4.18 Å². The molecule has 0 fully saturated rings. The van der Waals surface area contributed by atoms with E-state index in [4.69, 9.17) is 26.6 Å². The molecule has 0 rings (SSSR count). The number of hydrogen-bond acceptors (Lipinski definition) is 10. The molecule has 0 aromatic carbocycles. The summed E-state index contributed by atoms with van der Waals surface area (Å²) in [4.78, 5) is 0. The van der Waals surface area contributed by atoms with E-state index in [0.717, 1.165) is 0 Å². The molecule has 0 radical (unpaired) electrons. The Morgan fingerprint density at radius 1 is 1.20 bits per heavy atom. The van der Waals surface area contributed by atoms with E-state index in [9.17, 15) is 0 Å². The van der Waals surface area contributed by atoms with Gasteiger partial charge in [-0.15, -0.1) is 0 Å². The van der Waals surface area contributed by atoms with Crippen molar-refractivity contribution in [1.29, 1.82) is 0 Å². The van der Waals surface area contributed by atoms with Gasteiger partial charge in [-0.2, -0.15) is 0 Å². The van der Waals surface area contributed by atoms with Crippen molar-refractivity contribution in [2.45, 2.75) is 13.8 Å². The fourth-order valence-electron chi connectivity index (χ4n) is 0.320. The molecule has 1 nitrogen and oxygen atoms in total. The summed E-state index contributed by atoms with van der Waals surface area (Å²) in [6.45, 7) is 3.03. The van der Waals surface area contributed by atoms with Gasteiger partial charge in [0.25, 0.3) is 0 Å². The number of hydrogen-bond donors (Lipinski definition) is 1. The molecule has 0 aromatic heterocycles. The van der Waals surface area contributed by atoms with Gasteiger partial charge in [-0.05, 0) is 57.8 Å². The summed E-state index contributed by atoms with van der Waals surface area (Å²) < 4.78 is 5.50. The molecule has 0 atom stereocenters. The van der Waals surface area contributed by atoms with Crippen LogP contribution in [0.5, 0.6) is 0 Å². The van der Waals surface area contributed by atoms with Gasteiger partial charge in [0.1, 0.15) is 0 Å². The zero-order valence-corrected chi connectivity index (χ0v) is 16.1. The summed E-state index contributed by atoms with van der Waals surface area (Å²) in [5.41, 5.74) is 0. The maximum Gasteiger partial charge on any atom is 0.0820 e. The zero-order valence-electron chi connectivity index (χ0n) is 7.81. The third kappa shape index (κ3) is 13.4. The summed E-state index contributed by atoms with van der Waals surface area (Å²) in [7, 11) is 9.37. The highest BCUT2D eigenvalue weighted by Gasteiger charge is 2.06. The van der Waals surface area contributed by atoms with Crippen LogP contribution in [0, 0.1) is 5.92 Å². The molecule has 0 N–H and O–H groups in total. The van der Waals surface area contributed by atoms with E-state index in [1.807, 2.05) is 0 Å². The summed E-state index contributed by atoms with van der Waals surface area (Å²) in [5.74, 6) is 0.478. The average Bonchev–Trinajstić information content (AvgIpc) is 2.15. The standard InChI is InChI=1S/C4H10OS10/c1-4(2)3-5-15(7,8)14-13-12-11-10-9-6/h4,6H,3H2,1-2H3. The Kier molecular flexibility index (Phi) is 13.4. The van der Waals surface area contributed by atoms with Crippen LogP contribution in [0.1, 0.15) is 13.8 Å². The molecule has 0 unspecified atom stereocenters. The normalized spacial score (nSPS) is 12.3. The van der Waals surface area contributed by atoms with E-state index < -0.39 is 6.46 Å². The lowest BCUT2D eigenvalue weighted by atomic mass is 10.2. The molecule has 92 valence electrons. The van der Waals surface area contributed by atoms with Crippen LogP contribution in [-0.4, -0.2) is 6.61 Å². The molecular formula is C4H10OS10. The second-order valence-electron chi connectivity index (χ2n) is 2.50. The van der Waals surface area contributed by atoms with Gasteiger partial charge in [0.15, 0.2) is 0 Å². The monoisotopic (exact) mass is 394 g/mol. The minimum atomic E-state index is -1.79. The van der Waals surface area contributed by atoms with Gasteiger partial charge in [-0.1, -0.05) is 25.5 Å². The lowest BCUT2D eigenvalue weighted by Gasteiger charge is -2.10. The van der Waals surface area contributed by atoms with Crippen LogP contribution >= 0.6 is 70.6 Å². The smallest absolute Gasteiger partial charge is 0.0820 e. The summed E-state index contributed by atoms with van der Waals surface area (Å²) in [6, 6.07) is 0. The molecule has 0 aliphatic rings. The van der Waals surface area contributed by atoms with Gasteiger partial charge in [0.2, 0.25) is 0 Å². The molecule has 0 bridgehead atoms. The van der Waals surface area contributed by atoms with Crippen molar-refractivity contribution in [2.75, 3.05) is 6.61 Å². The van der Waals surface area contributed by atoms with Gasteiger partial charge >= 0.3 is 0 Å². The molecular weight excluding hydrogens is 385 g/mol. The third-order valence-corrected chi connectivity index (χ3v) is 18.6. The average molecular weight is 395 g/mol. The summed E-state index contributed by atoms with van der Waals surface area (Å²) in [5, 5.41) is 0. The molecule has 0 aliphatic carbocycles. The molecule has 0 spiro atoms.